The number of nitrogens with zero attached hydrogens (tertiary/aromatic N) is 1. The zero-order valence-corrected chi connectivity index (χ0v) is 15.3. The number of phenolic OH excluding ortho intramolecular Hbond substituents is 1. The second kappa shape index (κ2) is 8.34. The van der Waals surface area contributed by atoms with Gasteiger partial charge in [0.05, 0.1) is 0 Å². The van der Waals surface area contributed by atoms with Crippen molar-refractivity contribution in [1.82, 2.24) is 0 Å². The molecule has 0 unspecified atom stereocenters. The van der Waals surface area contributed by atoms with Gasteiger partial charge in [-0.1, -0.05) is 35.9 Å². The molecule has 0 bridgehead atoms. The molecule has 3 nitrogen and oxygen atoms in total. The van der Waals surface area contributed by atoms with Gasteiger partial charge in [-0.15, -0.1) is 0 Å². The number of rotatable bonds is 6. The lowest BCUT2D eigenvalue weighted by atomic mass is 10.0. The van der Waals surface area contributed by atoms with Crippen LogP contribution in [-0.2, 0) is 6.42 Å². The molecule has 2 aromatic rings. The van der Waals surface area contributed by atoms with E-state index < -0.39 is 0 Å². The summed E-state index contributed by atoms with van der Waals surface area (Å²) < 4.78 is 0. The fraction of sp³-hybridized carbons (Fsp3) is 0.227. The molecular formula is C22H25NO2. The van der Waals surface area contributed by atoms with Gasteiger partial charge in [-0.3, -0.25) is 4.79 Å². The first-order chi connectivity index (χ1) is 11.9. The summed E-state index contributed by atoms with van der Waals surface area (Å²) in [6.07, 6.45) is 6.11. The average Bonchev–Trinajstić information content (AvgIpc) is 2.59. The third-order valence-electron chi connectivity index (χ3n) is 3.91. The lowest BCUT2D eigenvalue weighted by Crippen LogP contribution is -2.09. The van der Waals surface area contributed by atoms with E-state index in [4.69, 9.17) is 0 Å². The molecule has 0 fully saturated rings. The Hall–Kier alpha value is -2.81. The van der Waals surface area contributed by atoms with Crippen molar-refractivity contribution in [2.45, 2.75) is 20.3 Å². The van der Waals surface area contributed by atoms with E-state index in [1.165, 1.54) is 5.57 Å². The molecule has 2 rings (SSSR count). The molecule has 0 amide bonds. The molecule has 25 heavy (non-hydrogen) atoms. The minimum absolute atomic E-state index is 0.0392. The van der Waals surface area contributed by atoms with Gasteiger partial charge in [0.1, 0.15) is 5.75 Å². The molecule has 0 aliphatic heterocycles. The van der Waals surface area contributed by atoms with Crippen molar-refractivity contribution in [3.05, 3.63) is 76.9 Å². The van der Waals surface area contributed by atoms with Crippen molar-refractivity contribution in [2.75, 3.05) is 19.0 Å². The van der Waals surface area contributed by atoms with Crippen LogP contribution in [0.4, 0.5) is 5.69 Å². The summed E-state index contributed by atoms with van der Waals surface area (Å²) in [6, 6.07) is 12.9. The van der Waals surface area contributed by atoms with Crippen LogP contribution in [0.5, 0.6) is 5.75 Å². The summed E-state index contributed by atoms with van der Waals surface area (Å²) in [5.41, 5.74) is 4.60. The predicted molar refractivity (Wildman–Crippen MR) is 105 cm³/mol. The number of benzene rings is 2. The molecular weight excluding hydrogens is 310 g/mol. The third kappa shape index (κ3) is 5.35. The highest BCUT2D eigenvalue weighted by Gasteiger charge is 2.05. The predicted octanol–water partition coefficient (Wildman–Crippen LogP) is 4.86. The molecule has 0 atom stereocenters. The molecule has 2 aromatic carbocycles. The topological polar surface area (TPSA) is 40.5 Å². The minimum atomic E-state index is -0.0392. The van der Waals surface area contributed by atoms with Gasteiger partial charge in [-0.05, 0) is 61.7 Å². The second-order valence-corrected chi connectivity index (χ2v) is 6.52. The summed E-state index contributed by atoms with van der Waals surface area (Å²) in [5.74, 6) is 0.238. The van der Waals surface area contributed by atoms with Crippen molar-refractivity contribution in [1.29, 1.82) is 0 Å². The fourth-order valence-corrected chi connectivity index (χ4v) is 2.39. The van der Waals surface area contributed by atoms with Gasteiger partial charge in [-0.25, -0.2) is 0 Å². The molecule has 0 aliphatic carbocycles. The van der Waals surface area contributed by atoms with Crippen LogP contribution in [0.25, 0.3) is 6.08 Å². The maximum absolute atomic E-state index is 12.4. The highest BCUT2D eigenvalue weighted by molar-refractivity contribution is 6.07. The SMILES string of the molecule is CC(C)=CCc1cc(/C=C/C(=O)c2cccc(N(C)C)c2)ccc1O. The molecule has 1 N–H and O–H groups in total. The monoisotopic (exact) mass is 335 g/mol. The Morgan fingerprint density at radius 2 is 1.88 bits per heavy atom. The average molecular weight is 335 g/mol. The Morgan fingerprint density at radius 1 is 1.12 bits per heavy atom. The van der Waals surface area contributed by atoms with Crippen LogP contribution in [0.1, 0.15) is 35.3 Å². The number of phenols is 1. The lowest BCUT2D eigenvalue weighted by Gasteiger charge is -2.12. The van der Waals surface area contributed by atoms with Crippen molar-refractivity contribution in [2.24, 2.45) is 0 Å². The van der Waals surface area contributed by atoms with Crippen LogP contribution in [0.15, 0.2) is 60.2 Å². The summed E-state index contributed by atoms with van der Waals surface area (Å²) in [4.78, 5) is 14.4. The van der Waals surface area contributed by atoms with Gasteiger partial charge in [0.2, 0.25) is 0 Å². The third-order valence-corrected chi connectivity index (χ3v) is 3.91. The Bertz CT molecular complexity index is 813. The molecule has 0 aliphatic rings. The van der Waals surface area contributed by atoms with E-state index in [0.717, 1.165) is 16.8 Å². The normalized spacial score (nSPS) is 10.7. The number of allylic oxidation sites excluding steroid dienone is 3. The first kappa shape index (κ1) is 18.5. The summed E-state index contributed by atoms with van der Waals surface area (Å²) in [6.45, 7) is 4.06. The highest BCUT2D eigenvalue weighted by atomic mass is 16.3. The van der Waals surface area contributed by atoms with E-state index in [1.807, 2.05) is 63.2 Å². The Labute approximate surface area is 149 Å². The number of carbonyl (C=O) groups is 1. The standard InChI is InChI=1S/C22H25NO2/c1-16(2)8-11-19-14-17(10-13-22(19)25)9-12-21(24)18-6-5-7-20(15-18)23(3)4/h5-10,12-15,25H,11H2,1-4H3/b12-9+. The molecule has 0 spiro atoms. The van der Waals surface area contributed by atoms with E-state index in [9.17, 15) is 9.90 Å². The molecule has 0 radical (unpaired) electrons. The van der Waals surface area contributed by atoms with E-state index in [1.54, 1.807) is 24.3 Å². The van der Waals surface area contributed by atoms with E-state index in [0.29, 0.717) is 12.0 Å². The summed E-state index contributed by atoms with van der Waals surface area (Å²) >= 11 is 0. The Morgan fingerprint density at radius 3 is 2.56 bits per heavy atom. The van der Waals surface area contributed by atoms with Crippen molar-refractivity contribution in [3.63, 3.8) is 0 Å². The number of carbonyl (C=O) groups excluding carboxylic acids is 1. The number of hydrogen-bond donors (Lipinski definition) is 1. The number of aromatic hydroxyl groups is 1. The molecule has 0 aromatic heterocycles. The molecule has 0 saturated heterocycles. The van der Waals surface area contributed by atoms with Crippen LogP contribution in [0, 0.1) is 0 Å². The largest absolute Gasteiger partial charge is 0.508 e. The van der Waals surface area contributed by atoms with Crippen molar-refractivity contribution < 1.29 is 9.90 Å². The Balaban J connectivity index is 2.18. The Kier molecular flexibility index (Phi) is 6.18. The maximum atomic E-state index is 12.4. The van der Waals surface area contributed by atoms with E-state index in [2.05, 4.69) is 6.08 Å². The van der Waals surface area contributed by atoms with E-state index in [-0.39, 0.29) is 11.5 Å². The van der Waals surface area contributed by atoms with E-state index >= 15 is 0 Å². The van der Waals surface area contributed by atoms with Crippen LogP contribution < -0.4 is 4.90 Å². The second-order valence-electron chi connectivity index (χ2n) is 6.52. The molecule has 130 valence electrons. The number of anilines is 1. The molecule has 3 heteroatoms. The van der Waals surface area contributed by atoms with Gasteiger partial charge in [0.25, 0.3) is 0 Å². The van der Waals surface area contributed by atoms with Crippen LogP contribution in [0.2, 0.25) is 0 Å². The van der Waals surface area contributed by atoms with Gasteiger partial charge >= 0.3 is 0 Å². The first-order valence-corrected chi connectivity index (χ1v) is 8.32. The minimum Gasteiger partial charge on any atom is -0.508 e. The zero-order valence-electron chi connectivity index (χ0n) is 15.3. The van der Waals surface area contributed by atoms with Gasteiger partial charge < -0.3 is 10.0 Å². The maximum Gasteiger partial charge on any atom is 0.185 e. The van der Waals surface area contributed by atoms with Crippen LogP contribution in [0.3, 0.4) is 0 Å². The van der Waals surface area contributed by atoms with Crippen molar-refractivity contribution in [3.8, 4) is 5.75 Å². The fourth-order valence-electron chi connectivity index (χ4n) is 2.39. The molecule has 0 heterocycles. The van der Waals surface area contributed by atoms with Gasteiger partial charge in [0.15, 0.2) is 5.78 Å². The van der Waals surface area contributed by atoms with Crippen LogP contribution in [-0.4, -0.2) is 25.0 Å². The summed E-state index contributed by atoms with van der Waals surface area (Å²) in [7, 11) is 3.90. The highest BCUT2D eigenvalue weighted by Crippen LogP contribution is 2.21. The number of hydrogen-bond acceptors (Lipinski definition) is 3. The number of ketones is 1. The van der Waals surface area contributed by atoms with Gasteiger partial charge in [-0.2, -0.15) is 0 Å². The first-order valence-electron chi connectivity index (χ1n) is 8.32. The quantitative estimate of drug-likeness (QED) is 0.465. The van der Waals surface area contributed by atoms with Crippen LogP contribution >= 0.6 is 0 Å². The lowest BCUT2D eigenvalue weighted by molar-refractivity contribution is 0.104. The smallest absolute Gasteiger partial charge is 0.185 e. The van der Waals surface area contributed by atoms with Gasteiger partial charge in [0, 0.05) is 25.3 Å². The van der Waals surface area contributed by atoms with Crippen molar-refractivity contribution >= 4 is 17.5 Å². The molecule has 0 saturated carbocycles. The summed E-state index contributed by atoms with van der Waals surface area (Å²) in [5, 5.41) is 9.96. The zero-order chi connectivity index (χ0) is 18.4.